The molecule has 0 saturated heterocycles. The van der Waals surface area contributed by atoms with Gasteiger partial charge in [0.1, 0.15) is 6.04 Å². The van der Waals surface area contributed by atoms with Gasteiger partial charge in [-0.3, -0.25) is 4.79 Å². The van der Waals surface area contributed by atoms with Crippen LogP contribution >= 0.6 is 0 Å². The fraction of sp³-hybridized carbons (Fsp3) is 0.909. The Balaban J connectivity index is 3.38. The van der Waals surface area contributed by atoms with Gasteiger partial charge in [0.05, 0.1) is 6.61 Å². The Morgan fingerprint density at radius 2 is 2.00 bits per heavy atom. The SMILES string of the molecule is CCCCCCOC(=O)C(N)CCOC. The van der Waals surface area contributed by atoms with E-state index in [0.29, 0.717) is 19.6 Å². The first-order valence-corrected chi connectivity index (χ1v) is 5.63. The van der Waals surface area contributed by atoms with E-state index in [0.717, 1.165) is 12.8 Å². The second-order valence-electron chi connectivity index (χ2n) is 3.62. The molecule has 0 aliphatic carbocycles. The maximum atomic E-state index is 11.3. The maximum Gasteiger partial charge on any atom is 0.322 e. The zero-order valence-electron chi connectivity index (χ0n) is 9.83. The molecule has 4 heteroatoms. The van der Waals surface area contributed by atoms with Crippen molar-refractivity contribution in [3.8, 4) is 0 Å². The van der Waals surface area contributed by atoms with Crippen molar-refractivity contribution in [3.05, 3.63) is 0 Å². The van der Waals surface area contributed by atoms with Gasteiger partial charge in [0.2, 0.25) is 0 Å². The molecule has 15 heavy (non-hydrogen) atoms. The van der Waals surface area contributed by atoms with E-state index in [1.54, 1.807) is 7.11 Å². The Bertz CT molecular complexity index is 162. The summed E-state index contributed by atoms with van der Waals surface area (Å²) in [7, 11) is 1.59. The average Bonchev–Trinajstić information content (AvgIpc) is 2.25. The molecule has 0 aliphatic heterocycles. The quantitative estimate of drug-likeness (QED) is 0.469. The van der Waals surface area contributed by atoms with Gasteiger partial charge in [0.25, 0.3) is 0 Å². The molecule has 0 heterocycles. The number of esters is 1. The number of methoxy groups -OCH3 is 1. The molecule has 90 valence electrons. The molecule has 0 fully saturated rings. The maximum absolute atomic E-state index is 11.3. The van der Waals surface area contributed by atoms with Crippen LogP contribution in [0.25, 0.3) is 0 Å². The third-order valence-electron chi connectivity index (χ3n) is 2.18. The summed E-state index contributed by atoms with van der Waals surface area (Å²) in [5.74, 6) is -0.316. The fourth-order valence-corrected chi connectivity index (χ4v) is 1.17. The van der Waals surface area contributed by atoms with Crippen LogP contribution < -0.4 is 5.73 Å². The Kier molecular flexibility index (Phi) is 9.52. The largest absolute Gasteiger partial charge is 0.465 e. The van der Waals surface area contributed by atoms with Crippen molar-refractivity contribution >= 4 is 5.97 Å². The first kappa shape index (κ1) is 14.4. The highest BCUT2D eigenvalue weighted by atomic mass is 16.5. The van der Waals surface area contributed by atoms with Gasteiger partial charge in [-0.25, -0.2) is 0 Å². The standard InChI is InChI=1S/C11H23NO3/c1-3-4-5-6-8-15-11(13)10(12)7-9-14-2/h10H,3-9,12H2,1-2H3. The van der Waals surface area contributed by atoms with Gasteiger partial charge in [-0.1, -0.05) is 26.2 Å². The summed E-state index contributed by atoms with van der Waals surface area (Å²) in [6.07, 6.45) is 4.92. The molecule has 0 radical (unpaired) electrons. The number of hydrogen-bond donors (Lipinski definition) is 1. The van der Waals surface area contributed by atoms with Crippen molar-refractivity contribution in [2.75, 3.05) is 20.3 Å². The van der Waals surface area contributed by atoms with Gasteiger partial charge in [-0.2, -0.15) is 0 Å². The van der Waals surface area contributed by atoms with E-state index < -0.39 is 6.04 Å². The van der Waals surface area contributed by atoms with E-state index in [-0.39, 0.29) is 5.97 Å². The molecule has 2 N–H and O–H groups in total. The highest BCUT2D eigenvalue weighted by Gasteiger charge is 2.13. The van der Waals surface area contributed by atoms with Gasteiger partial charge < -0.3 is 15.2 Å². The van der Waals surface area contributed by atoms with Crippen molar-refractivity contribution in [1.29, 1.82) is 0 Å². The average molecular weight is 217 g/mol. The van der Waals surface area contributed by atoms with Crippen LogP contribution in [-0.4, -0.2) is 32.3 Å². The summed E-state index contributed by atoms with van der Waals surface area (Å²) >= 11 is 0. The highest BCUT2D eigenvalue weighted by Crippen LogP contribution is 2.00. The van der Waals surface area contributed by atoms with Crippen LogP contribution in [0.1, 0.15) is 39.0 Å². The molecular weight excluding hydrogens is 194 g/mol. The number of carbonyl (C=O) groups is 1. The molecule has 0 aromatic rings. The van der Waals surface area contributed by atoms with Crippen LogP contribution in [-0.2, 0) is 14.3 Å². The minimum absolute atomic E-state index is 0.316. The van der Waals surface area contributed by atoms with E-state index >= 15 is 0 Å². The van der Waals surface area contributed by atoms with E-state index in [1.807, 2.05) is 0 Å². The summed E-state index contributed by atoms with van der Waals surface area (Å²) in [5, 5.41) is 0. The third kappa shape index (κ3) is 8.39. The molecule has 1 atom stereocenters. The lowest BCUT2D eigenvalue weighted by molar-refractivity contribution is -0.145. The van der Waals surface area contributed by atoms with Crippen LogP contribution in [0.5, 0.6) is 0 Å². The molecule has 0 aromatic heterocycles. The normalized spacial score (nSPS) is 12.5. The van der Waals surface area contributed by atoms with Crippen LogP contribution in [0.2, 0.25) is 0 Å². The second-order valence-corrected chi connectivity index (χ2v) is 3.62. The zero-order chi connectivity index (χ0) is 11.5. The monoisotopic (exact) mass is 217 g/mol. The first-order valence-electron chi connectivity index (χ1n) is 5.63. The molecule has 4 nitrogen and oxygen atoms in total. The number of carbonyl (C=O) groups excluding carboxylic acids is 1. The first-order chi connectivity index (χ1) is 7.22. The lowest BCUT2D eigenvalue weighted by Gasteiger charge is -2.10. The molecule has 0 aliphatic rings. The van der Waals surface area contributed by atoms with Gasteiger partial charge in [-0.05, 0) is 12.8 Å². The number of nitrogens with two attached hydrogens (primary N) is 1. The predicted octanol–water partition coefficient (Wildman–Crippen LogP) is 1.47. The summed E-state index contributed by atoms with van der Waals surface area (Å²) in [6.45, 7) is 3.12. The van der Waals surface area contributed by atoms with Crippen molar-refractivity contribution < 1.29 is 14.3 Å². The van der Waals surface area contributed by atoms with Crippen LogP contribution in [0.3, 0.4) is 0 Å². The summed E-state index contributed by atoms with van der Waals surface area (Å²) in [4.78, 5) is 11.3. The van der Waals surface area contributed by atoms with Crippen molar-refractivity contribution in [1.82, 2.24) is 0 Å². The van der Waals surface area contributed by atoms with Crippen molar-refractivity contribution in [3.63, 3.8) is 0 Å². The van der Waals surface area contributed by atoms with Crippen LogP contribution in [0, 0.1) is 0 Å². The Morgan fingerprint density at radius 3 is 2.60 bits per heavy atom. The van der Waals surface area contributed by atoms with E-state index in [2.05, 4.69) is 6.92 Å². The Hall–Kier alpha value is -0.610. The van der Waals surface area contributed by atoms with Gasteiger partial charge in [-0.15, -0.1) is 0 Å². The summed E-state index contributed by atoms with van der Waals surface area (Å²) in [5.41, 5.74) is 5.59. The minimum Gasteiger partial charge on any atom is -0.465 e. The number of ether oxygens (including phenoxy) is 2. The smallest absolute Gasteiger partial charge is 0.322 e. The third-order valence-corrected chi connectivity index (χ3v) is 2.18. The zero-order valence-corrected chi connectivity index (χ0v) is 9.83. The summed E-state index contributed by atoms with van der Waals surface area (Å²) < 4.78 is 9.86. The molecule has 0 bridgehead atoms. The predicted molar refractivity (Wildman–Crippen MR) is 59.6 cm³/mol. The lowest BCUT2D eigenvalue weighted by atomic mass is 10.2. The fourth-order valence-electron chi connectivity index (χ4n) is 1.17. The second kappa shape index (κ2) is 9.93. The molecule has 0 amide bonds. The van der Waals surface area contributed by atoms with Crippen LogP contribution in [0.4, 0.5) is 0 Å². The van der Waals surface area contributed by atoms with Crippen molar-refractivity contribution in [2.45, 2.75) is 45.1 Å². The minimum atomic E-state index is -0.545. The van der Waals surface area contributed by atoms with Crippen molar-refractivity contribution in [2.24, 2.45) is 5.73 Å². The molecular formula is C11H23NO3. The molecule has 0 saturated carbocycles. The van der Waals surface area contributed by atoms with Gasteiger partial charge >= 0.3 is 5.97 Å². The number of unbranched alkanes of at least 4 members (excludes halogenated alkanes) is 3. The van der Waals surface area contributed by atoms with E-state index in [4.69, 9.17) is 15.2 Å². The van der Waals surface area contributed by atoms with E-state index in [9.17, 15) is 4.79 Å². The number of hydrogen-bond acceptors (Lipinski definition) is 4. The van der Waals surface area contributed by atoms with Gasteiger partial charge in [0.15, 0.2) is 0 Å². The topological polar surface area (TPSA) is 61.5 Å². The molecule has 1 unspecified atom stereocenters. The molecule has 0 spiro atoms. The highest BCUT2D eigenvalue weighted by molar-refractivity contribution is 5.75. The van der Waals surface area contributed by atoms with Gasteiger partial charge in [0, 0.05) is 13.7 Å². The summed E-state index contributed by atoms with van der Waals surface area (Å²) in [6, 6.07) is -0.545. The Morgan fingerprint density at radius 1 is 1.27 bits per heavy atom. The molecule has 0 rings (SSSR count). The Labute approximate surface area is 92.1 Å². The van der Waals surface area contributed by atoms with E-state index in [1.165, 1.54) is 12.8 Å². The lowest BCUT2D eigenvalue weighted by Crippen LogP contribution is -2.33. The number of rotatable bonds is 9. The molecule has 0 aromatic carbocycles. The van der Waals surface area contributed by atoms with Crippen LogP contribution in [0.15, 0.2) is 0 Å².